The molecule has 0 saturated heterocycles. The molecule has 102 valence electrons. The largest absolute Gasteiger partial charge is 0.392 e. The standard InChI is InChI=1S/C13H17N3O2S/c1-2-7-3-8-4-9(17)6-19-11(8)5-10(7)12(18)16-13(14)15/h3,5,9,17H,2,4,6H2,1H3,(H4,14,15,16,18). The fraction of sp³-hybridized carbons (Fsp3) is 0.385. The van der Waals surface area contributed by atoms with Gasteiger partial charge in [0.25, 0.3) is 5.91 Å². The van der Waals surface area contributed by atoms with Gasteiger partial charge in [-0.3, -0.25) is 4.79 Å². The van der Waals surface area contributed by atoms with Crippen LogP contribution in [-0.2, 0) is 12.8 Å². The van der Waals surface area contributed by atoms with Crippen LogP contribution in [0.2, 0.25) is 0 Å². The van der Waals surface area contributed by atoms with Gasteiger partial charge in [-0.25, -0.2) is 0 Å². The summed E-state index contributed by atoms with van der Waals surface area (Å²) in [5.74, 6) is 0.00761. The Labute approximate surface area is 116 Å². The number of aliphatic hydroxyl groups is 1. The summed E-state index contributed by atoms with van der Waals surface area (Å²) in [5.41, 5.74) is 13.0. The summed E-state index contributed by atoms with van der Waals surface area (Å²) in [5, 5.41) is 9.67. The molecular weight excluding hydrogens is 262 g/mol. The molecule has 0 fully saturated rings. The third-order valence-electron chi connectivity index (χ3n) is 3.02. The van der Waals surface area contributed by atoms with Crippen molar-refractivity contribution in [3.63, 3.8) is 0 Å². The number of guanidine groups is 1. The molecule has 0 aliphatic carbocycles. The lowest BCUT2D eigenvalue weighted by molar-refractivity contribution is 0.100. The summed E-state index contributed by atoms with van der Waals surface area (Å²) in [7, 11) is 0. The van der Waals surface area contributed by atoms with Gasteiger partial charge in [0, 0.05) is 22.6 Å². The Balaban J connectivity index is 2.44. The maximum absolute atomic E-state index is 12.0. The Morgan fingerprint density at radius 3 is 2.89 bits per heavy atom. The van der Waals surface area contributed by atoms with Crippen molar-refractivity contribution in [3.05, 3.63) is 28.8 Å². The minimum atomic E-state index is -0.411. The van der Waals surface area contributed by atoms with E-state index in [1.165, 1.54) is 0 Å². The third kappa shape index (κ3) is 3.08. The molecule has 1 heterocycles. The molecule has 1 aromatic rings. The zero-order valence-corrected chi connectivity index (χ0v) is 11.5. The highest BCUT2D eigenvalue weighted by molar-refractivity contribution is 7.99. The van der Waals surface area contributed by atoms with Crippen LogP contribution in [0.3, 0.4) is 0 Å². The van der Waals surface area contributed by atoms with E-state index in [1.54, 1.807) is 11.8 Å². The molecule has 5 N–H and O–H groups in total. The number of benzene rings is 1. The highest BCUT2D eigenvalue weighted by atomic mass is 32.2. The van der Waals surface area contributed by atoms with Gasteiger partial charge in [0.2, 0.25) is 0 Å². The van der Waals surface area contributed by atoms with Gasteiger partial charge in [-0.05, 0) is 23.6 Å². The normalized spacial score (nSPS) is 17.7. The van der Waals surface area contributed by atoms with Crippen LogP contribution in [0.25, 0.3) is 0 Å². The molecule has 1 aliphatic heterocycles. The zero-order valence-electron chi connectivity index (χ0n) is 10.7. The number of hydrogen-bond donors (Lipinski definition) is 3. The molecule has 0 aromatic heterocycles. The SMILES string of the molecule is CCc1cc2c(cc1C(=O)N=C(N)N)SCC(O)C2. The monoisotopic (exact) mass is 279 g/mol. The first-order valence-corrected chi connectivity index (χ1v) is 7.10. The molecule has 0 spiro atoms. The van der Waals surface area contributed by atoms with E-state index in [9.17, 15) is 9.90 Å². The molecule has 1 aromatic carbocycles. The number of carbonyl (C=O) groups excluding carboxylic acids is 1. The van der Waals surface area contributed by atoms with Crippen LogP contribution in [0.15, 0.2) is 22.0 Å². The van der Waals surface area contributed by atoms with E-state index in [4.69, 9.17) is 11.5 Å². The van der Waals surface area contributed by atoms with Crippen molar-refractivity contribution in [2.75, 3.05) is 5.75 Å². The van der Waals surface area contributed by atoms with Gasteiger partial charge >= 0.3 is 0 Å². The molecule has 1 aliphatic rings. The Morgan fingerprint density at radius 2 is 2.26 bits per heavy atom. The van der Waals surface area contributed by atoms with E-state index >= 15 is 0 Å². The lowest BCUT2D eigenvalue weighted by Gasteiger charge is -2.21. The van der Waals surface area contributed by atoms with E-state index in [0.717, 1.165) is 22.4 Å². The average Bonchev–Trinajstić information content (AvgIpc) is 2.36. The second-order valence-electron chi connectivity index (χ2n) is 4.48. The predicted octanol–water partition coefficient (Wildman–Crippen LogP) is 0.672. The minimum absolute atomic E-state index is 0.229. The number of thioether (sulfide) groups is 1. The number of fused-ring (bicyclic) bond motifs is 1. The maximum Gasteiger partial charge on any atom is 0.280 e. The van der Waals surface area contributed by atoms with Crippen LogP contribution in [-0.4, -0.2) is 28.8 Å². The first-order chi connectivity index (χ1) is 9.01. The number of aliphatic hydroxyl groups excluding tert-OH is 1. The fourth-order valence-electron chi connectivity index (χ4n) is 2.14. The van der Waals surface area contributed by atoms with Crippen LogP contribution in [0, 0.1) is 0 Å². The number of amides is 1. The molecule has 6 heteroatoms. The van der Waals surface area contributed by atoms with Crippen molar-refractivity contribution < 1.29 is 9.90 Å². The first kappa shape index (κ1) is 13.9. The average molecular weight is 279 g/mol. The van der Waals surface area contributed by atoms with Crippen LogP contribution >= 0.6 is 11.8 Å². The summed E-state index contributed by atoms with van der Waals surface area (Å²) >= 11 is 1.55. The van der Waals surface area contributed by atoms with Crippen molar-refractivity contribution in [3.8, 4) is 0 Å². The van der Waals surface area contributed by atoms with Crippen molar-refractivity contribution in [1.29, 1.82) is 0 Å². The van der Waals surface area contributed by atoms with Crippen molar-refractivity contribution in [2.24, 2.45) is 16.5 Å². The first-order valence-electron chi connectivity index (χ1n) is 6.12. The van der Waals surface area contributed by atoms with Gasteiger partial charge < -0.3 is 16.6 Å². The smallest absolute Gasteiger partial charge is 0.280 e. The number of hydrogen-bond acceptors (Lipinski definition) is 3. The number of rotatable bonds is 2. The lowest BCUT2D eigenvalue weighted by atomic mass is 9.98. The van der Waals surface area contributed by atoms with E-state index in [-0.39, 0.29) is 12.1 Å². The number of aryl methyl sites for hydroxylation is 1. The molecule has 2 rings (SSSR count). The minimum Gasteiger partial charge on any atom is -0.392 e. The third-order valence-corrected chi connectivity index (χ3v) is 4.26. The highest BCUT2D eigenvalue weighted by Gasteiger charge is 2.21. The Morgan fingerprint density at radius 1 is 1.53 bits per heavy atom. The Hall–Kier alpha value is -1.53. The summed E-state index contributed by atoms with van der Waals surface area (Å²) in [6, 6.07) is 3.81. The predicted molar refractivity (Wildman–Crippen MR) is 76.4 cm³/mol. The maximum atomic E-state index is 12.0. The molecular formula is C13H17N3O2S. The van der Waals surface area contributed by atoms with Gasteiger partial charge in [0.1, 0.15) is 0 Å². The Kier molecular flexibility index (Phi) is 4.11. The van der Waals surface area contributed by atoms with Gasteiger partial charge in [0.15, 0.2) is 5.96 Å². The summed E-state index contributed by atoms with van der Waals surface area (Å²) in [4.78, 5) is 16.6. The van der Waals surface area contributed by atoms with Crippen LogP contribution in [0.4, 0.5) is 0 Å². The summed E-state index contributed by atoms with van der Waals surface area (Å²) in [6.45, 7) is 1.97. The van der Waals surface area contributed by atoms with E-state index in [2.05, 4.69) is 4.99 Å². The fourth-order valence-corrected chi connectivity index (χ4v) is 3.16. The molecule has 1 atom stereocenters. The molecule has 1 unspecified atom stereocenters. The summed E-state index contributed by atoms with van der Waals surface area (Å²) in [6.07, 6.45) is 1.03. The van der Waals surface area contributed by atoms with Crippen LogP contribution < -0.4 is 11.5 Å². The van der Waals surface area contributed by atoms with Crippen molar-refractivity contribution in [1.82, 2.24) is 0 Å². The second-order valence-corrected chi connectivity index (χ2v) is 5.54. The van der Waals surface area contributed by atoms with Crippen molar-refractivity contribution >= 4 is 23.6 Å². The van der Waals surface area contributed by atoms with E-state index in [0.29, 0.717) is 17.7 Å². The molecule has 0 bridgehead atoms. The van der Waals surface area contributed by atoms with Gasteiger partial charge in [0.05, 0.1) is 6.10 Å². The van der Waals surface area contributed by atoms with E-state index in [1.807, 2.05) is 19.1 Å². The second kappa shape index (κ2) is 5.63. The number of aliphatic imine (C=N–C) groups is 1. The Bertz CT molecular complexity index is 539. The quantitative estimate of drug-likeness (QED) is 0.545. The van der Waals surface area contributed by atoms with Crippen molar-refractivity contribution in [2.45, 2.75) is 30.8 Å². The number of nitrogens with zero attached hydrogens (tertiary/aromatic N) is 1. The van der Waals surface area contributed by atoms with E-state index < -0.39 is 5.91 Å². The summed E-state index contributed by atoms with van der Waals surface area (Å²) < 4.78 is 0. The molecule has 5 nitrogen and oxygen atoms in total. The molecule has 19 heavy (non-hydrogen) atoms. The molecule has 1 amide bonds. The zero-order chi connectivity index (χ0) is 14.0. The number of nitrogens with two attached hydrogens (primary N) is 2. The van der Waals surface area contributed by atoms with Gasteiger partial charge in [-0.1, -0.05) is 13.0 Å². The molecule has 0 radical (unpaired) electrons. The van der Waals surface area contributed by atoms with Gasteiger partial charge in [-0.2, -0.15) is 4.99 Å². The highest BCUT2D eigenvalue weighted by Crippen LogP contribution is 2.33. The lowest BCUT2D eigenvalue weighted by Crippen LogP contribution is -2.24. The molecule has 0 saturated carbocycles. The topological polar surface area (TPSA) is 102 Å². The van der Waals surface area contributed by atoms with Gasteiger partial charge in [-0.15, -0.1) is 11.8 Å². The van der Waals surface area contributed by atoms with Crippen LogP contribution in [0.5, 0.6) is 0 Å². The number of carbonyl (C=O) groups is 1. The van der Waals surface area contributed by atoms with Crippen LogP contribution in [0.1, 0.15) is 28.4 Å².